The lowest BCUT2D eigenvalue weighted by molar-refractivity contribution is -0.118. The van der Waals surface area contributed by atoms with E-state index in [1.165, 1.54) is 0 Å². The number of para-hydroxylation sites is 2. The van der Waals surface area contributed by atoms with E-state index in [1.807, 2.05) is 0 Å². The van der Waals surface area contributed by atoms with E-state index in [9.17, 15) is 13.6 Å². The standard InChI is InChI=1S/C14H11BrF2N2O2/c15-9-5-8(16)6-10(17)14(9)21-7-13(20)19-12-4-2-1-3-11(12)18/h1-6H,7,18H2,(H,19,20). The van der Waals surface area contributed by atoms with Crippen molar-refractivity contribution in [1.82, 2.24) is 0 Å². The van der Waals surface area contributed by atoms with Gasteiger partial charge in [0.05, 0.1) is 15.8 Å². The summed E-state index contributed by atoms with van der Waals surface area (Å²) >= 11 is 2.97. The summed E-state index contributed by atoms with van der Waals surface area (Å²) in [6, 6.07) is 8.42. The van der Waals surface area contributed by atoms with Crippen molar-refractivity contribution >= 4 is 33.2 Å². The van der Waals surface area contributed by atoms with Crippen LogP contribution in [0.4, 0.5) is 20.2 Å². The first kappa shape index (κ1) is 15.2. The smallest absolute Gasteiger partial charge is 0.262 e. The Bertz CT molecular complexity index is 657. The van der Waals surface area contributed by atoms with Crippen LogP contribution >= 0.6 is 15.9 Å². The Balaban J connectivity index is 2.01. The van der Waals surface area contributed by atoms with Gasteiger partial charge in [0.25, 0.3) is 5.91 Å². The number of ether oxygens (including phenoxy) is 1. The van der Waals surface area contributed by atoms with Crippen LogP contribution < -0.4 is 15.8 Å². The minimum atomic E-state index is -0.895. The Labute approximate surface area is 128 Å². The van der Waals surface area contributed by atoms with E-state index in [1.54, 1.807) is 24.3 Å². The first-order valence-corrected chi connectivity index (χ1v) is 6.68. The lowest BCUT2D eigenvalue weighted by Crippen LogP contribution is -2.21. The summed E-state index contributed by atoms with van der Waals surface area (Å²) in [5, 5.41) is 2.53. The molecule has 0 aliphatic carbocycles. The molecule has 0 unspecified atom stereocenters. The van der Waals surface area contributed by atoms with E-state index < -0.39 is 24.1 Å². The second-order valence-electron chi connectivity index (χ2n) is 4.12. The molecule has 7 heteroatoms. The highest BCUT2D eigenvalue weighted by Crippen LogP contribution is 2.29. The molecule has 2 rings (SSSR count). The molecule has 0 radical (unpaired) electrons. The number of halogens is 3. The molecular formula is C14H11BrF2N2O2. The molecule has 0 saturated carbocycles. The Kier molecular flexibility index (Phi) is 4.74. The molecule has 2 aromatic carbocycles. The Morgan fingerprint density at radius 2 is 2.00 bits per heavy atom. The number of amides is 1. The Morgan fingerprint density at radius 1 is 1.29 bits per heavy atom. The van der Waals surface area contributed by atoms with Crippen molar-refractivity contribution in [2.75, 3.05) is 17.7 Å². The predicted octanol–water partition coefficient (Wildman–Crippen LogP) is 3.33. The van der Waals surface area contributed by atoms with Crippen LogP contribution in [-0.4, -0.2) is 12.5 Å². The fourth-order valence-electron chi connectivity index (χ4n) is 1.60. The second-order valence-corrected chi connectivity index (χ2v) is 4.98. The Hall–Kier alpha value is -2.15. The summed E-state index contributed by atoms with van der Waals surface area (Å²) in [6.45, 7) is -0.435. The quantitative estimate of drug-likeness (QED) is 0.825. The van der Waals surface area contributed by atoms with E-state index in [0.29, 0.717) is 17.4 Å². The molecule has 4 nitrogen and oxygen atoms in total. The zero-order valence-corrected chi connectivity index (χ0v) is 12.3. The number of nitrogen functional groups attached to an aromatic ring is 1. The fourth-order valence-corrected chi connectivity index (χ4v) is 2.12. The third kappa shape index (κ3) is 3.91. The molecule has 0 aromatic heterocycles. The highest BCUT2D eigenvalue weighted by molar-refractivity contribution is 9.10. The molecule has 0 fully saturated rings. The maximum Gasteiger partial charge on any atom is 0.262 e. The molecule has 0 aliphatic heterocycles. The maximum absolute atomic E-state index is 13.5. The predicted molar refractivity (Wildman–Crippen MR) is 79.0 cm³/mol. The van der Waals surface area contributed by atoms with Crippen LogP contribution in [0.15, 0.2) is 40.9 Å². The largest absolute Gasteiger partial charge is 0.479 e. The summed E-state index contributed by atoms with van der Waals surface area (Å²) in [5.74, 6) is -2.38. The topological polar surface area (TPSA) is 64.3 Å². The van der Waals surface area contributed by atoms with Crippen LogP contribution in [0.1, 0.15) is 0 Å². The number of rotatable bonds is 4. The number of nitrogens with two attached hydrogens (primary N) is 1. The highest BCUT2D eigenvalue weighted by atomic mass is 79.9. The van der Waals surface area contributed by atoms with Gasteiger partial charge >= 0.3 is 0 Å². The lowest BCUT2D eigenvalue weighted by atomic mass is 10.2. The first-order chi connectivity index (χ1) is 9.97. The minimum absolute atomic E-state index is 0.0898. The van der Waals surface area contributed by atoms with Gasteiger partial charge in [0.15, 0.2) is 18.2 Å². The molecule has 0 bridgehead atoms. The van der Waals surface area contributed by atoms with Crippen molar-refractivity contribution in [2.45, 2.75) is 0 Å². The third-order valence-electron chi connectivity index (χ3n) is 2.55. The van der Waals surface area contributed by atoms with Gasteiger partial charge in [-0.05, 0) is 34.1 Å². The van der Waals surface area contributed by atoms with Gasteiger partial charge in [-0.3, -0.25) is 4.79 Å². The SMILES string of the molecule is Nc1ccccc1NC(=O)COc1c(F)cc(F)cc1Br. The van der Waals surface area contributed by atoms with E-state index in [4.69, 9.17) is 10.5 Å². The van der Waals surface area contributed by atoms with Crippen LogP contribution in [0.25, 0.3) is 0 Å². The van der Waals surface area contributed by atoms with E-state index in [2.05, 4.69) is 21.2 Å². The van der Waals surface area contributed by atoms with Crippen molar-refractivity contribution in [3.63, 3.8) is 0 Å². The number of nitrogens with one attached hydrogen (secondary N) is 1. The van der Waals surface area contributed by atoms with Crippen LogP contribution in [0.5, 0.6) is 5.75 Å². The molecule has 1 amide bonds. The van der Waals surface area contributed by atoms with Gasteiger partial charge in [-0.25, -0.2) is 8.78 Å². The Morgan fingerprint density at radius 3 is 2.67 bits per heavy atom. The van der Waals surface area contributed by atoms with Crippen molar-refractivity contribution in [3.8, 4) is 5.75 Å². The summed E-state index contributed by atoms with van der Waals surface area (Å²) in [4.78, 5) is 11.7. The van der Waals surface area contributed by atoms with Gasteiger partial charge in [-0.15, -0.1) is 0 Å². The number of carbonyl (C=O) groups is 1. The molecule has 21 heavy (non-hydrogen) atoms. The molecule has 3 N–H and O–H groups in total. The normalized spacial score (nSPS) is 10.2. The van der Waals surface area contributed by atoms with E-state index in [-0.39, 0.29) is 10.2 Å². The van der Waals surface area contributed by atoms with Crippen molar-refractivity contribution < 1.29 is 18.3 Å². The maximum atomic E-state index is 13.5. The molecule has 0 heterocycles. The third-order valence-corrected chi connectivity index (χ3v) is 3.13. The van der Waals surface area contributed by atoms with E-state index in [0.717, 1.165) is 6.07 Å². The molecule has 2 aromatic rings. The zero-order valence-electron chi connectivity index (χ0n) is 10.7. The summed E-state index contributed by atoms with van der Waals surface area (Å²) < 4.78 is 31.6. The highest BCUT2D eigenvalue weighted by Gasteiger charge is 2.13. The number of benzene rings is 2. The van der Waals surface area contributed by atoms with Gasteiger partial charge in [0.1, 0.15) is 5.82 Å². The van der Waals surface area contributed by atoms with Crippen LogP contribution in [-0.2, 0) is 4.79 Å². The van der Waals surface area contributed by atoms with Gasteiger partial charge in [0.2, 0.25) is 0 Å². The monoisotopic (exact) mass is 356 g/mol. The lowest BCUT2D eigenvalue weighted by Gasteiger charge is -2.11. The van der Waals surface area contributed by atoms with Crippen LogP contribution in [0.3, 0.4) is 0 Å². The van der Waals surface area contributed by atoms with Crippen molar-refractivity contribution in [2.24, 2.45) is 0 Å². The molecule has 0 aliphatic rings. The average molecular weight is 357 g/mol. The molecule has 0 spiro atoms. The molecule has 0 saturated heterocycles. The van der Waals surface area contributed by atoms with Crippen LogP contribution in [0, 0.1) is 11.6 Å². The summed E-state index contributed by atoms with van der Waals surface area (Å²) in [7, 11) is 0. The number of hydrogen-bond acceptors (Lipinski definition) is 3. The van der Waals surface area contributed by atoms with Gasteiger partial charge in [-0.1, -0.05) is 12.1 Å². The minimum Gasteiger partial charge on any atom is -0.479 e. The molecule has 110 valence electrons. The van der Waals surface area contributed by atoms with Gasteiger partial charge < -0.3 is 15.8 Å². The second kappa shape index (κ2) is 6.53. The summed E-state index contributed by atoms with van der Waals surface area (Å²) in [5.41, 5.74) is 6.51. The van der Waals surface area contributed by atoms with E-state index >= 15 is 0 Å². The summed E-state index contributed by atoms with van der Waals surface area (Å²) in [6.07, 6.45) is 0. The van der Waals surface area contributed by atoms with Crippen molar-refractivity contribution in [3.05, 3.63) is 52.5 Å². The van der Waals surface area contributed by atoms with Crippen LogP contribution in [0.2, 0.25) is 0 Å². The molecular weight excluding hydrogens is 346 g/mol. The number of hydrogen-bond donors (Lipinski definition) is 2. The van der Waals surface area contributed by atoms with Gasteiger partial charge in [-0.2, -0.15) is 0 Å². The first-order valence-electron chi connectivity index (χ1n) is 5.89. The molecule has 0 atom stereocenters. The average Bonchev–Trinajstić information content (AvgIpc) is 2.40. The zero-order chi connectivity index (χ0) is 15.4. The van der Waals surface area contributed by atoms with Crippen molar-refractivity contribution in [1.29, 1.82) is 0 Å². The number of anilines is 2. The number of carbonyl (C=O) groups excluding carboxylic acids is 1. The fraction of sp³-hybridized carbons (Fsp3) is 0.0714. The van der Waals surface area contributed by atoms with Gasteiger partial charge in [0, 0.05) is 6.07 Å².